The Balaban J connectivity index is 1.97. The molecule has 2 rings (SSSR count). The number of hydrogen-bond acceptors (Lipinski definition) is 2. The van der Waals surface area contributed by atoms with Gasteiger partial charge in [0.05, 0.1) is 0 Å². The second-order valence-corrected chi connectivity index (χ2v) is 6.33. The molecule has 0 saturated carbocycles. The second kappa shape index (κ2) is 7.67. The van der Waals surface area contributed by atoms with E-state index in [1.165, 1.54) is 18.9 Å². The van der Waals surface area contributed by atoms with Crippen molar-refractivity contribution < 1.29 is 9.18 Å². The number of unbranched alkanes of at least 4 members (excludes halogenated alkanes) is 3. The van der Waals surface area contributed by atoms with Crippen molar-refractivity contribution in [3.8, 4) is 0 Å². The van der Waals surface area contributed by atoms with Crippen LogP contribution < -0.4 is 0 Å². The smallest absolute Gasteiger partial charge is 0.223 e. The van der Waals surface area contributed by atoms with E-state index in [1.54, 1.807) is 23.9 Å². The van der Waals surface area contributed by atoms with Gasteiger partial charge in [0, 0.05) is 24.3 Å². The summed E-state index contributed by atoms with van der Waals surface area (Å²) in [5.41, 5.74) is 0.636. The molecule has 1 aliphatic heterocycles. The van der Waals surface area contributed by atoms with E-state index in [1.807, 2.05) is 11.0 Å². The first kappa shape index (κ1) is 15.4. The quantitative estimate of drug-likeness (QED) is 0.726. The predicted octanol–water partition coefficient (Wildman–Crippen LogP) is 4.37. The van der Waals surface area contributed by atoms with E-state index in [9.17, 15) is 9.18 Å². The maximum Gasteiger partial charge on any atom is 0.223 e. The molecule has 1 aliphatic rings. The van der Waals surface area contributed by atoms with Gasteiger partial charge in [-0.1, -0.05) is 44.4 Å². The Morgan fingerprint density at radius 1 is 1.35 bits per heavy atom. The first-order valence-corrected chi connectivity index (χ1v) is 8.44. The molecule has 110 valence electrons. The fourth-order valence-electron chi connectivity index (χ4n) is 2.51. The topological polar surface area (TPSA) is 20.3 Å². The fourth-order valence-corrected chi connectivity index (χ4v) is 3.80. The molecular weight excluding hydrogens is 273 g/mol. The summed E-state index contributed by atoms with van der Waals surface area (Å²) in [6, 6.07) is 6.78. The van der Waals surface area contributed by atoms with E-state index < -0.39 is 0 Å². The molecule has 2 nitrogen and oxygen atoms in total. The Kier molecular flexibility index (Phi) is 5.89. The van der Waals surface area contributed by atoms with Crippen molar-refractivity contribution in [3.05, 3.63) is 35.6 Å². The van der Waals surface area contributed by atoms with Gasteiger partial charge in [0.15, 0.2) is 0 Å². The molecule has 0 radical (unpaired) electrons. The summed E-state index contributed by atoms with van der Waals surface area (Å²) in [6.07, 6.45) is 4.99. The van der Waals surface area contributed by atoms with Gasteiger partial charge in [0.1, 0.15) is 11.2 Å². The molecule has 1 heterocycles. The molecule has 0 bridgehead atoms. The molecule has 1 atom stereocenters. The van der Waals surface area contributed by atoms with Crippen LogP contribution in [-0.4, -0.2) is 23.1 Å². The third-order valence-electron chi connectivity index (χ3n) is 3.63. The zero-order chi connectivity index (χ0) is 14.4. The van der Waals surface area contributed by atoms with Crippen LogP contribution in [0.5, 0.6) is 0 Å². The minimum Gasteiger partial charge on any atom is -0.326 e. The van der Waals surface area contributed by atoms with Crippen LogP contribution in [0.3, 0.4) is 0 Å². The minimum absolute atomic E-state index is 0.144. The van der Waals surface area contributed by atoms with Crippen molar-refractivity contribution in [3.63, 3.8) is 0 Å². The van der Waals surface area contributed by atoms with Gasteiger partial charge >= 0.3 is 0 Å². The SMILES string of the molecule is CCCCCCC(=O)N1CCSC1c1ccccc1F. The second-order valence-electron chi connectivity index (χ2n) is 5.14. The third-order valence-corrected chi connectivity index (χ3v) is 4.87. The van der Waals surface area contributed by atoms with E-state index in [0.717, 1.165) is 25.1 Å². The van der Waals surface area contributed by atoms with Crippen molar-refractivity contribution in [2.24, 2.45) is 0 Å². The first-order chi connectivity index (χ1) is 9.74. The number of halogens is 1. The van der Waals surface area contributed by atoms with Crippen LogP contribution in [0.2, 0.25) is 0 Å². The zero-order valence-corrected chi connectivity index (χ0v) is 12.8. The van der Waals surface area contributed by atoms with Crippen molar-refractivity contribution in [1.29, 1.82) is 0 Å². The number of thioether (sulfide) groups is 1. The van der Waals surface area contributed by atoms with E-state index in [2.05, 4.69) is 6.92 Å². The van der Waals surface area contributed by atoms with Crippen LogP contribution in [0.15, 0.2) is 24.3 Å². The summed E-state index contributed by atoms with van der Waals surface area (Å²) in [5, 5.41) is -0.144. The molecule has 1 saturated heterocycles. The molecule has 0 N–H and O–H groups in total. The number of hydrogen-bond donors (Lipinski definition) is 0. The van der Waals surface area contributed by atoms with Crippen LogP contribution in [0.25, 0.3) is 0 Å². The summed E-state index contributed by atoms with van der Waals surface area (Å²) in [7, 11) is 0. The lowest BCUT2D eigenvalue weighted by atomic mass is 10.1. The Labute approximate surface area is 124 Å². The summed E-state index contributed by atoms with van der Waals surface area (Å²) in [5.74, 6) is 0.842. The van der Waals surface area contributed by atoms with Crippen molar-refractivity contribution in [2.45, 2.75) is 44.4 Å². The van der Waals surface area contributed by atoms with Crippen molar-refractivity contribution >= 4 is 17.7 Å². The monoisotopic (exact) mass is 295 g/mol. The number of benzene rings is 1. The fraction of sp³-hybridized carbons (Fsp3) is 0.562. The van der Waals surface area contributed by atoms with Gasteiger partial charge in [-0.3, -0.25) is 4.79 Å². The Hall–Kier alpha value is -1.03. The molecule has 1 aromatic rings. The van der Waals surface area contributed by atoms with Gasteiger partial charge in [-0.05, 0) is 12.5 Å². The molecule has 4 heteroatoms. The lowest BCUT2D eigenvalue weighted by molar-refractivity contribution is -0.131. The van der Waals surface area contributed by atoms with Crippen LogP contribution in [0.4, 0.5) is 4.39 Å². The highest BCUT2D eigenvalue weighted by molar-refractivity contribution is 7.99. The van der Waals surface area contributed by atoms with Crippen LogP contribution in [0, 0.1) is 5.82 Å². The Morgan fingerprint density at radius 3 is 2.90 bits per heavy atom. The van der Waals surface area contributed by atoms with Crippen molar-refractivity contribution in [1.82, 2.24) is 4.90 Å². The number of rotatable bonds is 6. The lowest BCUT2D eigenvalue weighted by Gasteiger charge is -2.24. The summed E-state index contributed by atoms with van der Waals surface area (Å²) < 4.78 is 13.9. The van der Waals surface area contributed by atoms with E-state index in [4.69, 9.17) is 0 Å². The number of amides is 1. The normalized spacial score (nSPS) is 18.5. The largest absolute Gasteiger partial charge is 0.326 e. The maximum atomic E-state index is 13.9. The maximum absolute atomic E-state index is 13.9. The Bertz CT molecular complexity index is 452. The Morgan fingerprint density at radius 2 is 2.15 bits per heavy atom. The third kappa shape index (κ3) is 3.75. The van der Waals surface area contributed by atoms with Crippen LogP contribution in [0.1, 0.15) is 50.0 Å². The average Bonchev–Trinajstić information content (AvgIpc) is 2.93. The van der Waals surface area contributed by atoms with E-state index in [-0.39, 0.29) is 17.1 Å². The van der Waals surface area contributed by atoms with Gasteiger partial charge in [-0.2, -0.15) is 0 Å². The summed E-state index contributed by atoms with van der Waals surface area (Å²) in [6.45, 7) is 2.89. The first-order valence-electron chi connectivity index (χ1n) is 7.39. The van der Waals surface area contributed by atoms with Gasteiger partial charge in [0.25, 0.3) is 0 Å². The predicted molar refractivity (Wildman–Crippen MR) is 82.1 cm³/mol. The average molecular weight is 295 g/mol. The van der Waals surface area contributed by atoms with Gasteiger partial charge in [-0.15, -0.1) is 11.8 Å². The highest BCUT2D eigenvalue weighted by Crippen LogP contribution is 2.39. The summed E-state index contributed by atoms with van der Waals surface area (Å²) in [4.78, 5) is 14.1. The molecule has 0 aromatic heterocycles. The number of nitrogens with zero attached hydrogens (tertiary/aromatic N) is 1. The van der Waals surface area contributed by atoms with Gasteiger partial charge in [-0.25, -0.2) is 4.39 Å². The standard InChI is InChI=1S/C16H22FNOS/c1-2-3-4-5-10-15(19)18-11-12-20-16(18)13-8-6-7-9-14(13)17/h6-9,16H,2-5,10-12H2,1H3. The molecule has 0 aliphatic carbocycles. The molecule has 1 amide bonds. The molecule has 1 aromatic carbocycles. The highest BCUT2D eigenvalue weighted by Gasteiger charge is 2.31. The van der Waals surface area contributed by atoms with Gasteiger partial charge < -0.3 is 4.90 Å². The molecule has 1 fully saturated rings. The summed E-state index contributed by atoms with van der Waals surface area (Å²) >= 11 is 1.65. The number of carbonyl (C=O) groups is 1. The highest BCUT2D eigenvalue weighted by atomic mass is 32.2. The van der Waals surface area contributed by atoms with Crippen LogP contribution in [-0.2, 0) is 4.79 Å². The van der Waals surface area contributed by atoms with Gasteiger partial charge in [0.2, 0.25) is 5.91 Å². The van der Waals surface area contributed by atoms with E-state index in [0.29, 0.717) is 12.0 Å². The molecule has 0 spiro atoms. The molecule has 20 heavy (non-hydrogen) atoms. The van der Waals surface area contributed by atoms with Crippen LogP contribution >= 0.6 is 11.8 Å². The minimum atomic E-state index is -0.212. The number of carbonyl (C=O) groups excluding carboxylic acids is 1. The zero-order valence-electron chi connectivity index (χ0n) is 12.0. The molecule has 1 unspecified atom stereocenters. The van der Waals surface area contributed by atoms with E-state index >= 15 is 0 Å². The molecular formula is C16H22FNOS. The lowest BCUT2D eigenvalue weighted by Crippen LogP contribution is -2.30. The van der Waals surface area contributed by atoms with Crippen molar-refractivity contribution in [2.75, 3.05) is 12.3 Å².